The molecule has 0 aliphatic carbocycles. The van der Waals surface area contributed by atoms with E-state index in [1.54, 1.807) is 45.0 Å². The van der Waals surface area contributed by atoms with E-state index in [0.717, 1.165) is 0 Å². The van der Waals surface area contributed by atoms with Gasteiger partial charge in [-0.1, -0.05) is 17.7 Å². The van der Waals surface area contributed by atoms with E-state index >= 15 is 0 Å². The van der Waals surface area contributed by atoms with Crippen LogP contribution >= 0.6 is 11.6 Å². The van der Waals surface area contributed by atoms with Crippen LogP contribution in [0.2, 0.25) is 5.15 Å². The molecule has 2 amide bonds. The Morgan fingerprint density at radius 2 is 1.71 bits per heavy atom. The molecule has 0 unspecified atom stereocenters. The number of carbonyl (C=O) groups excluding carboxylic acids is 2. The summed E-state index contributed by atoms with van der Waals surface area (Å²) in [4.78, 5) is 28.5. The molecule has 2 N–H and O–H groups in total. The summed E-state index contributed by atoms with van der Waals surface area (Å²) >= 11 is 5.71. The number of nitrogens with zero attached hydrogens (tertiary/aromatic N) is 3. The third-order valence-electron chi connectivity index (χ3n) is 3.83. The van der Waals surface area contributed by atoms with Crippen LogP contribution in [-0.4, -0.2) is 32.8 Å². The number of hydrogen-bond donors (Lipinski definition) is 2. The first-order chi connectivity index (χ1) is 14.6. The molecule has 0 radical (unpaired) electrons. The van der Waals surface area contributed by atoms with Crippen molar-refractivity contribution in [3.8, 4) is 11.1 Å². The van der Waals surface area contributed by atoms with Crippen molar-refractivity contribution < 1.29 is 18.7 Å². The SMILES string of the molecule is CC(C)(C)OC(=O)Nc1ccc(-c2ccc(F)nc2)cc1NC(=O)c1ccc(Cl)nn1. The predicted octanol–water partition coefficient (Wildman–Crippen LogP) is 4.93. The number of benzene rings is 1. The summed E-state index contributed by atoms with van der Waals surface area (Å²) in [7, 11) is 0. The maximum absolute atomic E-state index is 13.2. The molecule has 31 heavy (non-hydrogen) atoms. The molecule has 160 valence electrons. The van der Waals surface area contributed by atoms with E-state index in [-0.39, 0.29) is 16.5 Å². The summed E-state index contributed by atoms with van der Waals surface area (Å²) < 4.78 is 18.4. The fourth-order valence-electron chi connectivity index (χ4n) is 2.52. The topological polar surface area (TPSA) is 106 Å². The van der Waals surface area contributed by atoms with Gasteiger partial charge in [-0.15, -0.1) is 10.2 Å². The molecule has 0 bridgehead atoms. The van der Waals surface area contributed by atoms with Crippen molar-refractivity contribution in [2.45, 2.75) is 26.4 Å². The number of aromatic nitrogens is 3. The number of carbonyl (C=O) groups is 2. The van der Waals surface area contributed by atoms with E-state index in [0.29, 0.717) is 16.8 Å². The molecular weight excluding hydrogens is 425 g/mol. The minimum absolute atomic E-state index is 0.0291. The number of ether oxygens (including phenoxy) is 1. The van der Waals surface area contributed by atoms with Gasteiger partial charge in [0, 0.05) is 11.8 Å². The maximum atomic E-state index is 13.2. The van der Waals surface area contributed by atoms with Crippen molar-refractivity contribution in [2.24, 2.45) is 0 Å². The second-order valence-corrected chi connectivity index (χ2v) is 7.84. The van der Waals surface area contributed by atoms with Gasteiger partial charge < -0.3 is 10.1 Å². The number of halogens is 2. The molecule has 8 nitrogen and oxygen atoms in total. The summed E-state index contributed by atoms with van der Waals surface area (Å²) in [6.45, 7) is 5.21. The van der Waals surface area contributed by atoms with Crippen molar-refractivity contribution in [2.75, 3.05) is 10.6 Å². The maximum Gasteiger partial charge on any atom is 0.412 e. The van der Waals surface area contributed by atoms with Crippen LogP contribution in [0.4, 0.5) is 20.6 Å². The molecule has 0 aliphatic heterocycles. The Kier molecular flexibility index (Phi) is 6.45. The number of rotatable bonds is 4. The highest BCUT2D eigenvalue weighted by Crippen LogP contribution is 2.30. The monoisotopic (exact) mass is 443 g/mol. The third-order valence-corrected chi connectivity index (χ3v) is 4.03. The summed E-state index contributed by atoms with van der Waals surface area (Å²) in [5, 5.41) is 12.8. The highest BCUT2D eigenvalue weighted by atomic mass is 35.5. The average Bonchev–Trinajstić information content (AvgIpc) is 2.69. The number of pyridine rings is 1. The molecule has 0 spiro atoms. The van der Waals surface area contributed by atoms with Crippen molar-refractivity contribution in [1.82, 2.24) is 15.2 Å². The van der Waals surface area contributed by atoms with Crippen LogP contribution in [0.15, 0.2) is 48.7 Å². The van der Waals surface area contributed by atoms with E-state index < -0.39 is 23.5 Å². The zero-order chi connectivity index (χ0) is 22.6. The number of anilines is 2. The standard InChI is InChI=1S/C21H19ClFN5O3/c1-21(2,3)31-20(30)26-14-6-4-12(13-5-9-18(23)24-11-13)10-16(14)25-19(29)15-7-8-17(22)28-27-15/h4-11H,1-3H3,(H,25,29)(H,26,30). The molecule has 0 saturated carbocycles. The number of amides is 2. The molecule has 0 aliphatic rings. The van der Waals surface area contributed by atoms with Crippen LogP contribution in [-0.2, 0) is 4.74 Å². The molecule has 0 saturated heterocycles. The summed E-state index contributed by atoms with van der Waals surface area (Å²) in [6.07, 6.45) is 0.674. The van der Waals surface area contributed by atoms with Gasteiger partial charge in [0.25, 0.3) is 5.91 Å². The summed E-state index contributed by atoms with van der Waals surface area (Å²) in [6, 6.07) is 10.5. The Labute approximate surface area is 182 Å². The lowest BCUT2D eigenvalue weighted by Gasteiger charge is -2.21. The summed E-state index contributed by atoms with van der Waals surface area (Å²) in [5.41, 5.74) is 1.15. The zero-order valence-corrected chi connectivity index (χ0v) is 17.7. The van der Waals surface area contributed by atoms with Crippen molar-refractivity contribution in [3.63, 3.8) is 0 Å². The lowest BCUT2D eigenvalue weighted by molar-refractivity contribution is 0.0635. The van der Waals surface area contributed by atoms with Gasteiger partial charge in [-0.3, -0.25) is 10.1 Å². The Balaban J connectivity index is 1.93. The summed E-state index contributed by atoms with van der Waals surface area (Å²) in [5.74, 6) is -1.17. The molecule has 0 atom stereocenters. The zero-order valence-electron chi connectivity index (χ0n) is 16.9. The van der Waals surface area contributed by atoms with E-state index in [2.05, 4.69) is 25.8 Å². The fraction of sp³-hybridized carbons (Fsp3) is 0.190. The molecule has 3 rings (SSSR count). The normalized spacial score (nSPS) is 11.0. The fourth-order valence-corrected chi connectivity index (χ4v) is 2.62. The van der Waals surface area contributed by atoms with E-state index in [4.69, 9.17) is 16.3 Å². The van der Waals surface area contributed by atoms with Crippen LogP contribution < -0.4 is 10.6 Å². The van der Waals surface area contributed by atoms with Crippen LogP contribution in [0.3, 0.4) is 0 Å². The van der Waals surface area contributed by atoms with Gasteiger partial charge in [0.15, 0.2) is 10.8 Å². The minimum Gasteiger partial charge on any atom is -0.444 e. The minimum atomic E-state index is -0.702. The molecule has 2 heterocycles. The van der Waals surface area contributed by atoms with Gasteiger partial charge in [-0.25, -0.2) is 9.78 Å². The first-order valence-corrected chi connectivity index (χ1v) is 9.55. The molecule has 10 heteroatoms. The van der Waals surface area contributed by atoms with E-state index in [1.165, 1.54) is 24.4 Å². The van der Waals surface area contributed by atoms with Crippen LogP contribution in [0.1, 0.15) is 31.3 Å². The second-order valence-electron chi connectivity index (χ2n) is 7.45. The van der Waals surface area contributed by atoms with Gasteiger partial charge in [0.1, 0.15) is 5.60 Å². The van der Waals surface area contributed by atoms with E-state index in [1.807, 2.05) is 0 Å². The molecule has 3 aromatic rings. The molecule has 0 fully saturated rings. The van der Waals surface area contributed by atoms with E-state index in [9.17, 15) is 14.0 Å². The lowest BCUT2D eigenvalue weighted by atomic mass is 10.1. The highest BCUT2D eigenvalue weighted by Gasteiger charge is 2.19. The van der Waals surface area contributed by atoms with Crippen LogP contribution in [0.25, 0.3) is 11.1 Å². The Bertz CT molecular complexity index is 1100. The quantitative estimate of drug-likeness (QED) is 0.554. The lowest BCUT2D eigenvalue weighted by Crippen LogP contribution is -2.27. The molecule has 1 aromatic carbocycles. The number of nitrogens with one attached hydrogen (secondary N) is 2. The largest absolute Gasteiger partial charge is 0.444 e. The van der Waals surface area contributed by atoms with Crippen LogP contribution in [0, 0.1) is 5.95 Å². The first-order valence-electron chi connectivity index (χ1n) is 9.17. The smallest absolute Gasteiger partial charge is 0.412 e. The molecular formula is C21H19ClFN5O3. The van der Waals surface area contributed by atoms with Gasteiger partial charge >= 0.3 is 6.09 Å². The molecule has 2 aromatic heterocycles. The Hall–Kier alpha value is -3.59. The van der Waals surface area contributed by atoms with Crippen molar-refractivity contribution in [1.29, 1.82) is 0 Å². The average molecular weight is 444 g/mol. The highest BCUT2D eigenvalue weighted by molar-refractivity contribution is 6.29. The van der Waals surface area contributed by atoms with Gasteiger partial charge in [0.05, 0.1) is 11.4 Å². The first kappa shape index (κ1) is 22.1. The van der Waals surface area contributed by atoms with Crippen molar-refractivity contribution >= 4 is 35.0 Å². The van der Waals surface area contributed by atoms with Gasteiger partial charge in [-0.05, 0) is 62.7 Å². The number of hydrogen-bond acceptors (Lipinski definition) is 6. The van der Waals surface area contributed by atoms with Crippen LogP contribution in [0.5, 0.6) is 0 Å². The predicted molar refractivity (Wildman–Crippen MR) is 114 cm³/mol. The van der Waals surface area contributed by atoms with Gasteiger partial charge in [0.2, 0.25) is 5.95 Å². The third kappa shape index (κ3) is 6.19. The Morgan fingerprint density at radius 1 is 0.968 bits per heavy atom. The Morgan fingerprint density at radius 3 is 2.32 bits per heavy atom. The second kappa shape index (κ2) is 9.05. The van der Waals surface area contributed by atoms with Gasteiger partial charge in [-0.2, -0.15) is 4.39 Å². The van der Waals surface area contributed by atoms with Crippen molar-refractivity contribution in [3.05, 3.63) is 65.5 Å².